The number of amides is 1. The average molecular weight is 602 g/mol. The van der Waals surface area contributed by atoms with Crippen molar-refractivity contribution in [3.05, 3.63) is 29.8 Å². The number of hydrazine groups is 1. The number of piperidine rings is 1. The maximum Gasteiger partial charge on any atom is 0.411 e. The number of hydrogen-bond donors (Lipinski definition) is 4. The lowest BCUT2D eigenvalue weighted by atomic mass is 9.52. The Labute approximate surface area is 251 Å². The Morgan fingerprint density at radius 3 is 2.56 bits per heavy atom. The number of carbonyl (C=O) groups is 2. The van der Waals surface area contributed by atoms with Crippen LogP contribution in [0.25, 0.3) is 0 Å². The SMILES string of the molecule is CCOC(=O)Nc1ccccc1C(=O)O[C@@]12CC[C@H](OC)C34C1CC(N3N[C@H]2C)[C@@]1(O)C[C@H](OC)[C@H]2CC4[C@]1(O)[C@H]2OC. The third-order valence-corrected chi connectivity index (χ3v) is 12.2. The van der Waals surface area contributed by atoms with Crippen molar-refractivity contribution in [2.75, 3.05) is 33.3 Å². The van der Waals surface area contributed by atoms with Gasteiger partial charge in [0.2, 0.25) is 0 Å². The number of nitrogens with one attached hydrogen (secondary N) is 2. The highest BCUT2D eigenvalue weighted by atomic mass is 16.6. The Morgan fingerprint density at radius 2 is 1.86 bits per heavy atom. The summed E-state index contributed by atoms with van der Waals surface area (Å²) < 4.78 is 29.8. The first-order chi connectivity index (χ1) is 20.6. The van der Waals surface area contributed by atoms with E-state index in [4.69, 9.17) is 23.7 Å². The summed E-state index contributed by atoms with van der Waals surface area (Å²) in [5.74, 6) is -1.37. The van der Waals surface area contributed by atoms with E-state index in [1.165, 1.54) is 0 Å². The number of para-hydroxylation sites is 1. The number of ether oxygens (including phenoxy) is 5. The molecule has 3 aliphatic carbocycles. The number of hydrogen-bond acceptors (Lipinski definition) is 11. The molecule has 5 unspecified atom stereocenters. The lowest BCUT2D eigenvalue weighted by Gasteiger charge is -2.70. The molecule has 12 heteroatoms. The van der Waals surface area contributed by atoms with E-state index in [-0.39, 0.29) is 48.7 Å². The fraction of sp³-hybridized carbons (Fsp3) is 0.742. The van der Waals surface area contributed by atoms with Gasteiger partial charge in [-0.3, -0.25) is 5.32 Å². The van der Waals surface area contributed by atoms with Crippen molar-refractivity contribution in [2.24, 2.45) is 17.8 Å². The number of aliphatic hydroxyl groups is 2. The van der Waals surface area contributed by atoms with E-state index < -0.39 is 52.5 Å². The lowest BCUT2D eigenvalue weighted by Crippen LogP contribution is -2.89. The Balaban J connectivity index is 1.32. The summed E-state index contributed by atoms with van der Waals surface area (Å²) in [7, 11) is 4.94. The molecule has 6 fully saturated rings. The molecule has 0 radical (unpaired) electrons. The largest absolute Gasteiger partial charge is 0.453 e. The fourth-order valence-electron chi connectivity index (χ4n) is 10.7. The normalized spacial score (nSPS) is 48.5. The van der Waals surface area contributed by atoms with Gasteiger partial charge in [0.05, 0.1) is 53.8 Å². The predicted molar refractivity (Wildman–Crippen MR) is 152 cm³/mol. The van der Waals surface area contributed by atoms with Gasteiger partial charge < -0.3 is 33.9 Å². The molecule has 236 valence electrons. The van der Waals surface area contributed by atoms with Gasteiger partial charge in [0.25, 0.3) is 0 Å². The summed E-state index contributed by atoms with van der Waals surface area (Å²) in [5, 5.41) is 30.3. The zero-order valence-corrected chi connectivity index (χ0v) is 25.4. The van der Waals surface area contributed by atoms with Crippen LogP contribution in [0.1, 0.15) is 56.3 Å². The van der Waals surface area contributed by atoms with Crippen LogP contribution < -0.4 is 10.7 Å². The Hall–Kier alpha value is -2.32. The first-order valence-corrected chi connectivity index (χ1v) is 15.4. The first kappa shape index (κ1) is 29.4. The third-order valence-electron chi connectivity index (χ3n) is 12.2. The van der Waals surface area contributed by atoms with Crippen LogP contribution in [0.5, 0.6) is 0 Å². The summed E-state index contributed by atoms with van der Waals surface area (Å²) in [6, 6.07) is 5.93. The van der Waals surface area contributed by atoms with E-state index in [1.807, 2.05) is 6.92 Å². The van der Waals surface area contributed by atoms with E-state index in [0.717, 1.165) is 0 Å². The second kappa shape index (κ2) is 9.84. The minimum Gasteiger partial charge on any atom is -0.453 e. The standard InChI is InChI=1S/C31H43N3O9/c1-6-42-27(36)32-19-10-8-7-9-17(19)26(35)43-28-12-11-24(40-4)30-21(28)14-23(34(30)33-16(28)2)29(37)15-20(39-3)18-13-22(30)31(29,38)25(18)41-5/h7-10,16,18,20-25,33,37-38H,6,11-15H2,1-5H3,(H,32,36)/t16-,18+,20-,21?,22?,23?,24-,25-,28+,29-,30?,31-/m0/s1. The molecule has 1 spiro atoms. The van der Waals surface area contributed by atoms with Crippen molar-refractivity contribution in [2.45, 2.75) is 98.7 Å². The van der Waals surface area contributed by atoms with Crippen LogP contribution in [0.2, 0.25) is 0 Å². The number of fused-ring (bicyclic) bond motifs is 2. The molecule has 4 N–H and O–H groups in total. The molecule has 1 amide bonds. The summed E-state index contributed by atoms with van der Waals surface area (Å²) >= 11 is 0. The fourth-order valence-corrected chi connectivity index (χ4v) is 10.7. The van der Waals surface area contributed by atoms with Gasteiger partial charge >= 0.3 is 12.1 Å². The van der Waals surface area contributed by atoms with Crippen LogP contribution in [-0.4, -0.2) is 108 Å². The summed E-state index contributed by atoms with van der Waals surface area (Å²) in [5.41, 5.74) is -0.630. The van der Waals surface area contributed by atoms with Crippen molar-refractivity contribution in [1.29, 1.82) is 0 Å². The second-order valence-corrected chi connectivity index (χ2v) is 13.2. The molecule has 3 heterocycles. The van der Waals surface area contributed by atoms with Crippen molar-refractivity contribution < 1.29 is 43.5 Å². The molecular weight excluding hydrogens is 558 g/mol. The van der Waals surface area contributed by atoms with Crippen molar-refractivity contribution in [3.8, 4) is 0 Å². The van der Waals surface area contributed by atoms with E-state index in [9.17, 15) is 19.8 Å². The molecule has 1 aromatic rings. The molecule has 12 nitrogen and oxygen atoms in total. The topological polar surface area (TPSA) is 148 Å². The van der Waals surface area contributed by atoms with Gasteiger partial charge in [-0.05, 0) is 51.7 Å². The minimum absolute atomic E-state index is 0.115. The van der Waals surface area contributed by atoms with Gasteiger partial charge in [-0.1, -0.05) is 12.1 Å². The monoisotopic (exact) mass is 601 g/mol. The van der Waals surface area contributed by atoms with Gasteiger partial charge in [0, 0.05) is 45.5 Å². The first-order valence-electron chi connectivity index (χ1n) is 15.4. The van der Waals surface area contributed by atoms with Gasteiger partial charge in [-0.15, -0.1) is 0 Å². The molecule has 7 bridgehead atoms. The molecule has 43 heavy (non-hydrogen) atoms. The van der Waals surface area contributed by atoms with E-state index in [2.05, 4.69) is 15.8 Å². The quantitative estimate of drug-likeness (QED) is 0.340. The maximum absolute atomic E-state index is 14.1. The number of anilines is 1. The predicted octanol–water partition coefficient (Wildman–Crippen LogP) is 1.84. The number of carbonyl (C=O) groups excluding carboxylic acids is 2. The molecule has 7 rings (SSSR count). The second-order valence-electron chi connectivity index (χ2n) is 13.2. The number of rotatable bonds is 7. The summed E-state index contributed by atoms with van der Waals surface area (Å²) in [4.78, 5) is 26.3. The number of esters is 1. The van der Waals surface area contributed by atoms with Gasteiger partial charge in [-0.25, -0.2) is 20.0 Å². The molecule has 1 aromatic carbocycles. The molecular formula is C31H43N3O9. The van der Waals surface area contributed by atoms with Crippen LogP contribution >= 0.6 is 0 Å². The smallest absolute Gasteiger partial charge is 0.411 e. The van der Waals surface area contributed by atoms with Gasteiger partial charge in [0.15, 0.2) is 0 Å². The lowest BCUT2D eigenvalue weighted by molar-refractivity contribution is -0.343. The molecule has 6 aliphatic rings. The Morgan fingerprint density at radius 1 is 1.09 bits per heavy atom. The zero-order valence-electron chi connectivity index (χ0n) is 25.4. The van der Waals surface area contributed by atoms with Gasteiger partial charge in [-0.2, -0.15) is 0 Å². The van der Waals surface area contributed by atoms with Crippen molar-refractivity contribution in [1.82, 2.24) is 10.4 Å². The molecule has 3 saturated carbocycles. The number of methoxy groups -OCH3 is 3. The van der Waals surface area contributed by atoms with E-state index >= 15 is 0 Å². The molecule has 13 atom stereocenters. The molecule has 3 saturated heterocycles. The third kappa shape index (κ3) is 3.40. The maximum atomic E-state index is 14.1. The highest BCUT2D eigenvalue weighted by Crippen LogP contribution is 2.74. The Bertz CT molecular complexity index is 1310. The van der Waals surface area contributed by atoms with Gasteiger partial charge in [0.1, 0.15) is 16.8 Å². The van der Waals surface area contributed by atoms with Crippen molar-refractivity contribution >= 4 is 17.7 Å². The van der Waals surface area contributed by atoms with E-state index in [1.54, 1.807) is 52.5 Å². The van der Waals surface area contributed by atoms with Crippen LogP contribution in [0.15, 0.2) is 24.3 Å². The Kier molecular flexibility index (Phi) is 6.73. The van der Waals surface area contributed by atoms with E-state index in [0.29, 0.717) is 31.4 Å². The van der Waals surface area contributed by atoms with Crippen LogP contribution in [0.3, 0.4) is 0 Å². The highest BCUT2D eigenvalue weighted by molar-refractivity contribution is 6.00. The summed E-state index contributed by atoms with van der Waals surface area (Å²) in [6.07, 6.45) is 0.635. The average Bonchev–Trinajstić information content (AvgIpc) is 3.40. The number of nitrogens with zero attached hydrogens (tertiary/aromatic N) is 1. The van der Waals surface area contributed by atoms with Crippen LogP contribution in [0.4, 0.5) is 10.5 Å². The van der Waals surface area contributed by atoms with Crippen molar-refractivity contribution in [3.63, 3.8) is 0 Å². The number of benzene rings is 1. The highest BCUT2D eigenvalue weighted by Gasteiger charge is 2.88. The zero-order chi connectivity index (χ0) is 30.5. The minimum atomic E-state index is -1.54. The molecule has 3 aliphatic heterocycles. The van der Waals surface area contributed by atoms with Crippen LogP contribution in [-0.2, 0) is 23.7 Å². The molecule has 0 aromatic heterocycles. The summed E-state index contributed by atoms with van der Waals surface area (Å²) in [6.45, 7) is 3.92. The van der Waals surface area contributed by atoms with Crippen LogP contribution in [0, 0.1) is 17.8 Å².